The number of alkyl halides is 3. The summed E-state index contributed by atoms with van der Waals surface area (Å²) in [5.74, 6) is -0.973. The van der Waals surface area contributed by atoms with E-state index in [1.807, 2.05) is 13.8 Å². The van der Waals surface area contributed by atoms with E-state index in [4.69, 9.17) is 16.2 Å². The molecule has 0 fully saturated rings. The molecule has 0 unspecified atom stereocenters. The molecule has 1 amide bonds. The van der Waals surface area contributed by atoms with Gasteiger partial charge in [-0.05, 0) is 31.0 Å². The Morgan fingerprint density at radius 1 is 1.24 bits per heavy atom. The first-order valence-corrected chi connectivity index (χ1v) is 6.55. The van der Waals surface area contributed by atoms with Crippen LogP contribution in [0.5, 0.6) is 5.75 Å². The number of halogens is 3. The highest BCUT2D eigenvalue weighted by atomic mass is 19.4. The minimum absolute atomic E-state index is 0.00669. The van der Waals surface area contributed by atoms with E-state index in [-0.39, 0.29) is 17.9 Å². The van der Waals surface area contributed by atoms with Crippen molar-refractivity contribution < 1.29 is 22.7 Å². The molecule has 1 aromatic carbocycles. The molecule has 0 aliphatic heterocycles. The fourth-order valence-corrected chi connectivity index (χ4v) is 1.70. The molecule has 4 N–H and O–H groups in total. The molecule has 0 bridgehead atoms. The van der Waals surface area contributed by atoms with Gasteiger partial charge in [-0.15, -0.1) is 0 Å². The predicted molar refractivity (Wildman–Crippen MR) is 73.0 cm³/mol. The van der Waals surface area contributed by atoms with E-state index in [1.165, 1.54) is 0 Å². The quantitative estimate of drug-likeness (QED) is 0.848. The SMILES string of the molecule is CCC(N)(CC)COc1ccc(C(F)(F)F)cc1C(N)=O. The van der Waals surface area contributed by atoms with Crippen molar-refractivity contribution in [2.75, 3.05) is 6.61 Å². The molecule has 0 radical (unpaired) electrons. The normalized spacial score (nSPS) is 12.3. The second-order valence-electron chi connectivity index (χ2n) is 4.93. The van der Waals surface area contributed by atoms with E-state index in [0.29, 0.717) is 18.9 Å². The minimum Gasteiger partial charge on any atom is -0.491 e. The van der Waals surface area contributed by atoms with Crippen LogP contribution in [0.2, 0.25) is 0 Å². The fourth-order valence-electron chi connectivity index (χ4n) is 1.70. The summed E-state index contributed by atoms with van der Waals surface area (Å²) in [6.07, 6.45) is -3.28. The highest BCUT2D eigenvalue weighted by molar-refractivity contribution is 5.95. The van der Waals surface area contributed by atoms with Crippen LogP contribution in [0.15, 0.2) is 18.2 Å². The molecule has 0 atom stereocenters. The number of primary amides is 1. The van der Waals surface area contributed by atoms with Gasteiger partial charge in [0.1, 0.15) is 12.4 Å². The maximum absolute atomic E-state index is 12.6. The Morgan fingerprint density at radius 3 is 2.24 bits per heavy atom. The maximum Gasteiger partial charge on any atom is 0.416 e. The Labute approximate surface area is 121 Å². The van der Waals surface area contributed by atoms with Crippen LogP contribution in [-0.4, -0.2) is 18.1 Å². The van der Waals surface area contributed by atoms with Crippen molar-refractivity contribution in [1.29, 1.82) is 0 Å². The summed E-state index contributed by atoms with van der Waals surface area (Å²) in [6.45, 7) is 3.86. The van der Waals surface area contributed by atoms with Gasteiger partial charge < -0.3 is 16.2 Å². The molecule has 0 saturated heterocycles. The van der Waals surface area contributed by atoms with Gasteiger partial charge in [-0.3, -0.25) is 4.79 Å². The Hall–Kier alpha value is -1.76. The van der Waals surface area contributed by atoms with Crippen molar-refractivity contribution in [3.05, 3.63) is 29.3 Å². The van der Waals surface area contributed by atoms with Crippen LogP contribution in [0, 0.1) is 0 Å². The van der Waals surface area contributed by atoms with Crippen LogP contribution < -0.4 is 16.2 Å². The lowest BCUT2D eigenvalue weighted by Crippen LogP contribution is -2.44. The van der Waals surface area contributed by atoms with E-state index < -0.39 is 23.2 Å². The van der Waals surface area contributed by atoms with Crippen molar-refractivity contribution in [3.63, 3.8) is 0 Å². The second-order valence-corrected chi connectivity index (χ2v) is 4.93. The van der Waals surface area contributed by atoms with Crippen LogP contribution in [0.3, 0.4) is 0 Å². The maximum atomic E-state index is 12.6. The van der Waals surface area contributed by atoms with E-state index in [9.17, 15) is 18.0 Å². The lowest BCUT2D eigenvalue weighted by atomic mass is 9.95. The predicted octanol–water partition coefficient (Wildman–Crippen LogP) is 2.70. The molecule has 0 aromatic heterocycles. The zero-order chi connectivity index (χ0) is 16.3. The standard InChI is InChI=1S/C14H19F3N2O2/c1-3-13(19,4-2)8-21-11-6-5-9(14(15,16)17)7-10(11)12(18)20/h5-7H,3-4,8,19H2,1-2H3,(H2,18,20). The largest absolute Gasteiger partial charge is 0.491 e. The first kappa shape index (κ1) is 17.3. The number of amides is 1. The number of carbonyl (C=O) groups is 1. The van der Waals surface area contributed by atoms with Gasteiger partial charge >= 0.3 is 6.18 Å². The number of carbonyl (C=O) groups excluding carboxylic acids is 1. The number of ether oxygens (including phenoxy) is 1. The first-order chi connectivity index (χ1) is 9.63. The van der Waals surface area contributed by atoms with Crippen molar-refractivity contribution in [1.82, 2.24) is 0 Å². The second kappa shape index (κ2) is 6.34. The number of hydrogen-bond acceptors (Lipinski definition) is 3. The van der Waals surface area contributed by atoms with Gasteiger partial charge in [0.05, 0.1) is 11.1 Å². The molecule has 21 heavy (non-hydrogen) atoms. The van der Waals surface area contributed by atoms with Gasteiger partial charge in [0.15, 0.2) is 0 Å². The lowest BCUT2D eigenvalue weighted by molar-refractivity contribution is -0.137. The molecule has 4 nitrogen and oxygen atoms in total. The Balaban J connectivity index is 3.05. The third-order valence-electron chi connectivity index (χ3n) is 3.50. The van der Waals surface area contributed by atoms with E-state index in [0.717, 1.165) is 12.1 Å². The lowest BCUT2D eigenvalue weighted by Gasteiger charge is -2.27. The van der Waals surface area contributed by atoms with Crippen molar-refractivity contribution in [3.8, 4) is 5.75 Å². The average molecular weight is 304 g/mol. The summed E-state index contributed by atoms with van der Waals surface area (Å²) in [5, 5.41) is 0. The zero-order valence-electron chi connectivity index (χ0n) is 12.0. The molecule has 118 valence electrons. The Bertz CT molecular complexity index is 511. The van der Waals surface area contributed by atoms with Crippen LogP contribution in [0.25, 0.3) is 0 Å². The molecule has 0 spiro atoms. The molecule has 7 heteroatoms. The van der Waals surface area contributed by atoms with Gasteiger partial charge in [0.2, 0.25) is 0 Å². The smallest absolute Gasteiger partial charge is 0.416 e. The van der Waals surface area contributed by atoms with Crippen molar-refractivity contribution >= 4 is 5.91 Å². The molecule has 0 aliphatic rings. The minimum atomic E-state index is -4.55. The zero-order valence-corrected chi connectivity index (χ0v) is 12.0. The first-order valence-electron chi connectivity index (χ1n) is 6.55. The average Bonchev–Trinajstić information content (AvgIpc) is 2.43. The van der Waals surface area contributed by atoms with Crippen LogP contribution >= 0.6 is 0 Å². The summed E-state index contributed by atoms with van der Waals surface area (Å²) >= 11 is 0. The van der Waals surface area contributed by atoms with Gasteiger partial charge in [0, 0.05) is 5.54 Å². The topological polar surface area (TPSA) is 78.3 Å². The molecule has 1 rings (SSSR count). The Kier molecular flexibility index (Phi) is 5.22. The highest BCUT2D eigenvalue weighted by Crippen LogP contribution is 2.32. The van der Waals surface area contributed by atoms with Crippen LogP contribution in [0.1, 0.15) is 42.6 Å². The number of hydrogen-bond donors (Lipinski definition) is 2. The molecule has 0 heterocycles. The van der Waals surface area contributed by atoms with Crippen LogP contribution in [-0.2, 0) is 6.18 Å². The monoisotopic (exact) mass is 304 g/mol. The summed E-state index contributed by atoms with van der Waals surface area (Å²) in [5.41, 5.74) is 9.31. The number of nitrogens with two attached hydrogens (primary N) is 2. The van der Waals surface area contributed by atoms with Crippen molar-refractivity contribution in [2.45, 2.75) is 38.4 Å². The fraction of sp³-hybridized carbons (Fsp3) is 0.500. The summed E-state index contributed by atoms with van der Waals surface area (Å²) in [7, 11) is 0. The summed E-state index contributed by atoms with van der Waals surface area (Å²) in [6, 6.07) is 2.63. The molecular weight excluding hydrogens is 285 g/mol. The number of rotatable bonds is 6. The highest BCUT2D eigenvalue weighted by Gasteiger charge is 2.32. The molecule has 1 aromatic rings. The summed E-state index contributed by atoms with van der Waals surface area (Å²) in [4.78, 5) is 11.3. The van der Waals surface area contributed by atoms with Gasteiger partial charge in [0.25, 0.3) is 5.91 Å². The molecular formula is C14H19F3N2O2. The van der Waals surface area contributed by atoms with Crippen molar-refractivity contribution in [2.24, 2.45) is 11.5 Å². The van der Waals surface area contributed by atoms with E-state index in [2.05, 4.69) is 0 Å². The van der Waals surface area contributed by atoms with E-state index >= 15 is 0 Å². The van der Waals surface area contributed by atoms with Gasteiger partial charge in [-0.25, -0.2) is 0 Å². The molecule has 0 saturated carbocycles. The Morgan fingerprint density at radius 2 is 1.81 bits per heavy atom. The third kappa shape index (κ3) is 4.35. The summed E-state index contributed by atoms with van der Waals surface area (Å²) < 4.78 is 43.3. The van der Waals surface area contributed by atoms with Gasteiger partial charge in [-0.1, -0.05) is 13.8 Å². The molecule has 0 aliphatic carbocycles. The number of benzene rings is 1. The van der Waals surface area contributed by atoms with E-state index in [1.54, 1.807) is 0 Å². The van der Waals surface area contributed by atoms with Crippen LogP contribution in [0.4, 0.5) is 13.2 Å². The van der Waals surface area contributed by atoms with Gasteiger partial charge in [-0.2, -0.15) is 13.2 Å². The third-order valence-corrected chi connectivity index (χ3v) is 3.50.